The highest BCUT2D eigenvalue weighted by Gasteiger charge is 2.30. The van der Waals surface area contributed by atoms with E-state index in [1.165, 1.54) is 17.0 Å². The molecule has 0 saturated carbocycles. The average molecular weight is 295 g/mol. The Kier molecular flexibility index (Phi) is 5.20. The van der Waals surface area contributed by atoms with Crippen molar-refractivity contribution in [3.63, 3.8) is 0 Å². The summed E-state index contributed by atoms with van der Waals surface area (Å²) in [5.41, 5.74) is -0.191. The Balaban J connectivity index is 0.00000180. The molecule has 0 aliphatic carbocycles. The lowest BCUT2D eigenvalue weighted by Crippen LogP contribution is -2.32. The SMILES string of the molecule is Cl.O=C1CCNCCN1c1ccc(C(F)(F)F)cc1. The summed E-state index contributed by atoms with van der Waals surface area (Å²) in [7, 11) is 0. The van der Waals surface area contributed by atoms with Gasteiger partial charge in [-0.1, -0.05) is 0 Å². The third kappa shape index (κ3) is 3.84. The minimum absolute atomic E-state index is 0. The number of hydrogen-bond acceptors (Lipinski definition) is 2. The van der Waals surface area contributed by atoms with Crippen molar-refractivity contribution in [3.8, 4) is 0 Å². The molecule has 19 heavy (non-hydrogen) atoms. The van der Waals surface area contributed by atoms with Gasteiger partial charge in [0.1, 0.15) is 0 Å². The molecule has 0 radical (unpaired) electrons. The largest absolute Gasteiger partial charge is 0.416 e. The minimum Gasteiger partial charge on any atom is -0.314 e. The van der Waals surface area contributed by atoms with E-state index in [0.29, 0.717) is 31.7 Å². The fourth-order valence-electron chi connectivity index (χ4n) is 1.87. The van der Waals surface area contributed by atoms with Crippen LogP contribution < -0.4 is 10.2 Å². The van der Waals surface area contributed by atoms with Crippen LogP contribution in [0.3, 0.4) is 0 Å². The molecule has 1 amide bonds. The summed E-state index contributed by atoms with van der Waals surface area (Å²) in [6, 6.07) is 4.68. The van der Waals surface area contributed by atoms with Crippen molar-refractivity contribution in [3.05, 3.63) is 29.8 Å². The molecule has 2 rings (SSSR count). The van der Waals surface area contributed by atoms with Gasteiger partial charge in [0, 0.05) is 31.7 Å². The average Bonchev–Trinajstić information content (AvgIpc) is 2.53. The quantitative estimate of drug-likeness (QED) is 0.863. The first-order valence-electron chi connectivity index (χ1n) is 5.67. The highest BCUT2D eigenvalue weighted by molar-refractivity contribution is 5.93. The topological polar surface area (TPSA) is 32.3 Å². The Morgan fingerprint density at radius 3 is 2.32 bits per heavy atom. The Hall–Kier alpha value is -1.27. The van der Waals surface area contributed by atoms with Crippen molar-refractivity contribution in [1.29, 1.82) is 0 Å². The van der Waals surface area contributed by atoms with Gasteiger partial charge < -0.3 is 10.2 Å². The molecule has 0 spiro atoms. The molecule has 0 atom stereocenters. The van der Waals surface area contributed by atoms with Crippen LogP contribution in [0.1, 0.15) is 12.0 Å². The summed E-state index contributed by atoms with van der Waals surface area (Å²) >= 11 is 0. The van der Waals surface area contributed by atoms with E-state index in [0.717, 1.165) is 12.1 Å². The van der Waals surface area contributed by atoms with Crippen LogP contribution >= 0.6 is 12.4 Å². The molecule has 0 bridgehead atoms. The van der Waals surface area contributed by atoms with Gasteiger partial charge in [-0.3, -0.25) is 4.79 Å². The lowest BCUT2D eigenvalue weighted by atomic mass is 10.2. The van der Waals surface area contributed by atoms with E-state index in [-0.39, 0.29) is 18.3 Å². The van der Waals surface area contributed by atoms with Crippen LogP contribution in [0.5, 0.6) is 0 Å². The smallest absolute Gasteiger partial charge is 0.314 e. The number of carbonyl (C=O) groups excluding carboxylic acids is 1. The molecule has 1 aliphatic rings. The summed E-state index contributed by atoms with van der Waals surface area (Å²) in [5, 5.41) is 3.07. The summed E-state index contributed by atoms with van der Waals surface area (Å²) in [6.45, 7) is 1.73. The van der Waals surface area contributed by atoms with Crippen molar-refractivity contribution in [2.75, 3.05) is 24.5 Å². The summed E-state index contributed by atoms with van der Waals surface area (Å²) < 4.78 is 37.2. The molecule has 0 unspecified atom stereocenters. The summed E-state index contributed by atoms with van der Waals surface area (Å²) in [6.07, 6.45) is -3.98. The standard InChI is InChI=1S/C12H13F3N2O.ClH/c13-12(14,15)9-1-3-10(4-2-9)17-8-7-16-6-5-11(17)18;/h1-4,16H,5-8H2;1H. The summed E-state index contributed by atoms with van der Waals surface area (Å²) in [4.78, 5) is 13.3. The third-order valence-electron chi connectivity index (χ3n) is 2.84. The van der Waals surface area contributed by atoms with Gasteiger partial charge >= 0.3 is 6.18 Å². The van der Waals surface area contributed by atoms with Gasteiger partial charge in [-0.15, -0.1) is 12.4 Å². The van der Waals surface area contributed by atoms with Crippen LogP contribution in [0.4, 0.5) is 18.9 Å². The highest BCUT2D eigenvalue weighted by atomic mass is 35.5. The maximum atomic E-state index is 12.4. The van der Waals surface area contributed by atoms with E-state index in [2.05, 4.69) is 5.32 Å². The molecule has 1 N–H and O–H groups in total. The minimum atomic E-state index is -4.34. The second-order valence-electron chi connectivity index (χ2n) is 4.09. The van der Waals surface area contributed by atoms with Crippen molar-refractivity contribution >= 4 is 24.0 Å². The zero-order valence-corrected chi connectivity index (χ0v) is 10.9. The van der Waals surface area contributed by atoms with Gasteiger partial charge in [-0.2, -0.15) is 13.2 Å². The number of anilines is 1. The zero-order valence-electron chi connectivity index (χ0n) is 10.0. The van der Waals surface area contributed by atoms with Crippen LogP contribution in [0, 0.1) is 0 Å². The molecule has 3 nitrogen and oxygen atoms in total. The van der Waals surface area contributed by atoms with Gasteiger partial charge in [-0.05, 0) is 24.3 Å². The van der Waals surface area contributed by atoms with Crippen LogP contribution in [0.15, 0.2) is 24.3 Å². The first-order chi connectivity index (χ1) is 8.48. The lowest BCUT2D eigenvalue weighted by molar-refractivity contribution is -0.137. The Morgan fingerprint density at radius 1 is 1.11 bits per heavy atom. The summed E-state index contributed by atoms with van der Waals surface area (Å²) in [5.74, 6) is -0.0697. The predicted octanol–water partition coefficient (Wildman–Crippen LogP) is 2.45. The number of alkyl halides is 3. The monoisotopic (exact) mass is 294 g/mol. The van der Waals surface area contributed by atoms with Crippen molar-refractivity contribution in [1.82, 2.24) is 5.32 Å². The molecule has 1 aliphatic heterocycles. The van der Waals surface area contributed by atoms with E-state index in [4.69, 9.17) is 0 Å². The van der Waals surface area contributed by atoms with E-state index in [9.17, 15) is 18.0 Å². The third-order valence-corrected chi connectivity index (χ3v) is 2.84. The molecular formula is C12H14ClF3N2O. The molecule has 1 fully saturated rings. The number of amides is 1. The molecule has 106 valence electrons. The fraction of sp³-hybridized carbons (Fsp3) is 0.417. The highest BCUT2D eigenvalue weighted by Crippen LogP contribution is 2.30. The number of nitrogens with one attached hydrogen (secondary N) is 1. The number of carbonyl (C=O) groups is 1. The molecule has 1 aromatic carbocycles. The van der Waals surface area contributed by atoms with Gasteiger partial charge in [0.25, 0.3) is 0 Å². The van der Waals surface area contributed by atoms with Gasteiger partial charge in [0.2, 0.25) is 5.91 Å². The lowest BCUT2D eigenvalue weighted by Gasteiger charge is -2.20. The van der Waals surface area contributed by atoms with Gasteiger partial charge in [0.15, 0.2) is 0 Å². The van der Waals surface area contributed by atoms with Crippen LogP contribution in [0.2, 0.25) is 0 Å². The molecule has 0 aromatic heterocycles. The fourth-order valence-corrected chi connectivity index (χ4v) is 1.87. The molecule has 1 heterocycles. The Bertz CT molecular complexity index is 434. The molecule has 1 saturated heterocycles. The molecule has 7 heteroatoms. The number of hydrogen-bond donors (Lipinski definition) is 1. The van der Waals surface area contributed by atoms with Crippen molar-refractivity contribution in [2.24, 2.45) is 0 Å². The first kappa shape index (κ1) is 15.8. The number of benzene rings is 1. The van der Waals surface area contributed by atoms with E-state index in [1.54, 1.807) is 0 Å². The molecule has 1 aromatic rings. The Morgan fingerprint density at radius 2 is 1.74 bits per heavy atom. The zero-order chi connectivity index (χ0) is 13.2. The normalized spacial score (nSPS) is 16.8. The van der Waals surface area contributed by atoms with Gasteiger partial charge in [-0.25, -0.2) is 0 Å². The second-order valence-corrected chi connectivity index (χ2v) is 4.09. The van der Waals surface area contributed by atoms with Crippen LogP contribution in [0.25, 0.3) is 0 Å². The van der Waals surface area contributed by atoms with Crippen molar-refractivity contribution in [2.45, 2.75) is 12.6 Å². The van der Waals surface area contributed by atoms with Gasteiger partial charge in [0.05, 0.1) is 5.56 Å². The van der Waals surface area contributed by atoms with Crippen LogP contribution in [-0.2, 0) is 11.0 Å². The maximum Gasteiger partial charge on any atom is 0.416 e. The van der Waals surface area contributed by atoms with E-state index >= 15 is 0 Å². The Labute approximate surface area is 115 Å². The van der Waals surface area contributed by atoms with E-state index < -0.39 is 11.7 Å². The number of halogens is 4. The number of nitrogens with zero attached hydrogens (tertiary/aromatic N) is 1. The molecular weight excluding hydrogens is 281 g/mol. The van der Waals surface area contributed by atoms with Crippen molar-refractivity contribution < 1.29 is 18.0 Å². The predicted molar refractivity (Wildman–Crippen MR) is 68.5 cm³/mol. The maximum absolute atomic E-state index is 12.4. The first-order valence-corrected chi connectivity index (χ1v) is 5.67. The number of rotatable bonds is 1. The van der Waals surface area contributed by atoms with Crippen LogP contribution in [-0.4, -0.2) is 25.5 Å². The van der Waals surface area contributed by atoms with E-state index in [1.807, 2.05) is 0 Å². The second kappa shape index (κ2) is 6.25.